The Bertz CT molecular complexity index is 441. The SMILES string of the molecule is CCCNC(=O)c1ccc2c(c1)CC(=O)N2. The van der Waals surface area contributed by atoms with Gasteiger partial charge in [0.1, 0.15) is 0 Å². The van der Waals surface area contributed by atoms with E-state index in [2.05, 4.69) is 10.6 Å². The monoisotopic (exact) mass is 218 g/mol. The molecule has 2 amide bonds. The summed E-state index contributed by atoms with van der Waals surface area (Å²) < 4.78 is 0. The Labute approximate surface area is 94.0 Å². The topological polar surface area (TPSA) is 58.2 Å². The number of hydrogen-bond acceptors (Lipinski definition) is 2. The molecule has 1 aromatic carbocycles. The van der Waals surface area contributed by atoms with Crippen molar-refractivity contribution in [2.75, 3.05) is 11.9 Å². The summed E-state index contributed by atoms with van der Waals surface area (Å²) in [5.74, 6) is -0.0925. The first-order valence-electron chi connectivity index (χ1n) is 5.41. The van der Waals surface area contributed by atoms with Crippen molar-refractivity contribution in [1.29, 1.82) is 0 Å². The van der Waals surface area contributed by atoms with Gasteiger partial charge >= 0.3 is 0 Å². The molecular weight excluding hydrogens is 204 g/mol. The Morgan fingerprint density at radius 1 is 1.50 bits per heavy atom. The average molecular weight is 218 g/mol. The molecule has 0 aromatic heterocycles. The van der Waals surface area contributed by atoms with Crippen molar-refractivity contribution in [1.82, 2.24) is 5.32 Å². The van der Waals surface area contributed by atoms with Gasteiger partial charge in [0.15, 0.2) is 0 Å². The van der Waals surface area contributed by atoms with Gasteiger partial charge < -0.3 is 10.6 Å². The second kappa shape index (κ2) is 4.35. The molecule has 0 fully saturated rings. The molecule has 0 atom stereocenters. The number of benzene rings is 1. The number of rotatable bonds is 3. The first kappa shape index (κ1) is 10.7. The second-order valence-electron chi connectivity index (χ2n) is 3.85. The van der Waals surface area contributed by atoms with Crippen LogP contribution in [0.5, 0.6) is 0 Å². The molecule has 2 N–H and O–H groups in total. The molecule has 2 rings (SSSR count). The normalized spacial score (nSPS) is 13.2. The van der Waals surface area contributed by atoms with Crippen molar-refractivity contribution in [3.63, 3.8) is 0 Å². The molecule has 1 aromatic rings. The minimum absolute atomic E-state index is 0.0129. The van der Waals surface area contributed by atoms with Crippen molar-refractivity contribution in [3.05, 3.63) is 29.3 Å². The number of hydrogen-bond donors (Lipinski definition) is 2. The lowest BCUT2D eigenvalue weighted by Crippen LogP contribution is -2.23. The maximum atomic E-state index is 11.7. The molecule has 0 radical (unpaired) electrons. The number of amides is 2. The van der Waals surface area contributed by atoms with Crippen molar-refractivity contribution in [2.24, 2.45) is 0 Å². The Kier molecular flexibility index (Phi) is 2.90. The summed E-state index contributed by atoms with van der Waals surface area (Å²) in [4.78, 5) is 22.8. The van der Waals surface area contributed by atoms with Crippen LogP contribution in [-0.2, 0) is 11.2 Å². The van der Waals surface area contributed by atoms with Crippen LogP contribution in [0.25, 0.3) is 0 Å². The predicted molar refractivity (Wildman–Crippen MR) is 61.4 cm³/mol. The Morgan fingerprint density at radius 2 is 2.31 bits per heavy atom. The molecule has 4 nitrogen and oxygen atoms in total. The number of carbonyl (C=O) groups is 2. The molecular formula is C12H14N2O2. The Hall–Kier alpha value is -1.84. The van der Waals surface area contributed by atoms with Crippen LogP contribution < -0.4 is 10.6 Å². The summed E-state index contributed by atoms with van der Waals surface area (Å²) in [6, 6.07) is 5.29. The molecule has 0 aliphatic carbocycles. The van der Waals surface area contributed by atoms with E-state index in [1.54, 1.807) is 18.2 Å². The van der Waals surface area contributed by atoms with E-state index < -0.39 is 0 Å². The molecule has 0 bridgehead atoms. The predicted octanol–water partition coefficient (Wildman–Crippen LogP) is 1.32. The molecule has 0 saturated carbocycles. The highest BCUT2D eigenvalue weighted by atomic mass is 16.2. The molecule has 1 heterocycles. The molecule has 4 heteroatoms. The van der Waals surface area contributed by atoms with E-state index in [9.17, 15) is 9.59 Å². The lowest BCUT2D eigenvalue weighted by molar-refractivity contribution is -0.115. The van der Waals surface area contributed by atoms with Crippen molar-refractivity contribution >= 4 is 17.5 Å². The molecule has 84 valence electrons. The molecule has 0 unspecified atom stereocenters. The van der Waals surface area contributed by atoms with Crippen molar-refractivity contribution < 1.29 is 9.59 Å². The van der Waals surface area contributed by atoms with E-state index in [1.165, 1.54) is 0 Å². The van der Waals surface area contributed by atoms with Crippen LogP contribution in [-0.4, -0.2) is 18.4 Å². The lowest BCUT2D eigenvalue weighted by atomic mass is 10.1. The Morgan fingerprint density at radius 3 is 3.06 bits per heavy atom. The van der Waals surface area contributed by atoms with E-state index in [4.69, 9.17) is 0 Å². The summed E-state index contributed by atoms with van der Waals surface area (Å²) in [5, 5.41) is 5.54. The van der Waals surface area contributed by atoms with Crippen molar-refractivity contribution in [3.8, 4) is 0 Å². The first-order chi connectivity index (χ1) is 7.70. The summed E-state index contributed by atoms with van der Waals surface area (Å²) in [5.41, 5.74) is 2.33. The van der Waals surface area contributed by atoms with Crippen LogP contribution in [0.1, 0.15) is 29.3 Å². The third kappa shape index (κ3) is 2.05. The van der Waals surface area contributed by atoms with Gasteiger partial charge in [-0.3, -0.25) is 9.59 Å². The molecule has 0 saturated heterocycles. The number of carbonyl (C=O) groups excluding carboxylic acids is 2. The summed E-state index contributed by atoms with van der Waals surface area (Å²) in [6.45, 7) is 2.68. The van der Waals surface area contributed by atoms with Crippen LogP contribution in [0.3, 0.4) is 0 Å². The minimum Gasteiger partial charge on any atom is -0.352 e. The largest absolute Gasteiger partial charge is 0.352 e. The average Bonchev–Trinajstić information content (AvgIpc) is 2.64. The highest BCUT2D eigenvalue weighted by Gasteiger charge is 2.18. The number of anilines is 1. The van der Waals surface area contributed by atoms with Gasteiger partial charge in [-0.25, -0.2) is 0 Å². The van der Waals surface area contributed by atoms with Crippen LogP contribution in [0, 0.1) is 0 Å². The van der Waals surface area contributed by atoms with Gasteiger partial charge in [0.05, 0.1) is 6.42 Å². The highest BCUT2D eigenvalue weighted by Crippen LogP contribution is 2.23. The molecule has 1 aliphatic rings. The Balaban J connectivity index is 2.16. The van der Waals surface area contributed by atoms with Gasteiger partial charge in [0, 0.05) is 17.8 Å². The molecule has 0 spiro atoms. The third-order valence-corrected chi connectivity index (χ3v) is 2.53. The van der Waals surface area contributed by atoms with Gasteiger partial charge in [0.2, 0.25) is 5.91 Å². The fraction of sp³-hybridized carbons (Fsp3) is 0.333. The standard InChI is InChI=1S/C12H14N2O2/c1-2-5-13-12(16)8-3-4-10-9(6-8)7-11(15)14-10/h3-4,6H,2,5,7H2,1H3,(H,13,16)(H,14,15). The van der Waals surface area contributed by atoms with Gasteiger partial charge in [-0.1, -0.05) is 6.92 Å². The van der Waals surface area contributed by atoms with Gasteiger partial charge in [-0.15, -0.1) is 0 Å². The second-order valence-corrected chi connectivity index (χ2v) is 3.85. The quantitative estimate of drug-likeness (QED) is 0.803. The lowest BCUT2D eigenvalue weighted by Gasteiger charge is -2.05. The fourth-order valence-corrected chi connectivity index (χ4v) is 1.71. The van der Waals surface area contributed by atoms with E-state index in [0.717, 1.165) is 17.7 Å². The van der Waals surface area contributed by atoms with Gasteiger partial charge in [0.25, 0.3) is 5.91 Å². The molecule has 16 heavy (non-hydrogen) atoms. The zero-order valence-electron chi connectivity index (χ0n) is 9.17. The maximum absolute atomic E-state index is 11.7. The summed E-state index contributed by atoms with van der Waals surface area (Å²) in [7, 11) is 0. The van der Waals surface area contributed by atoms with E-state index >= 15 is 0 Å². The van der Waals surface area contributed by atoms with E-state index in [1.807, 2.05) is 6.92 Å². The number of fused-ring (bicyclic) bond motifs is 1. The van der Waals surface area contributed by atoms with Crippen LogP contribution >= 0.6 is 0 Å². The van der Waals surface area contributed by atoms with Gasteiger partial charge in [-0.2, -0.15) is 0 Å². The summed E-state index contributed by atoms with van der Waals surface area (Å²) in [6.07, 6.45) is 1.28. The van der Waals surface area contributed by atoms with Gasteiger partial charge in [-0.05, 0) is 30.2 Å². The van der Waals surface area contributed by atoms with Crippen LogP contribution in [0.2, 0.25) is 0 Å². The molecule has 1 aliphatic heterocycles. The van der Waals surface area contributed by atoms with E-state index in [-0.39, 0.29) is 11.8 Å². The van der Waals surface area contributed by atoms with Crippen LogP contribution in [0.15, 0.2) is 18.2 Å². The first-order valence-corrected chi connectivity index (χ1v) is 5.41. The van der Waals surface area contributed by atoms with E-state index in [0.29, 0.717) is 18.5 Å². The maximum Gasteiger partial charge on any atom is 0.251 e. The third-order valence-electron chi connectivity index (χ3n) is 2.53. The van der Waals surface area contributed by atoms with Crippen LogP contribution in [0.4, 0.5) is 5.69 Å². The number of nitrogens with one attached hydrogen (secondary N) is 2. The summed E-state index contributed by atoms with van der Waals surface area (Å²) >= 11 is 0. The minimum atomic E-state index is -0.0796. The highest BCUT2D eigenvalue weighted by molar-refractivity contribution is 6.01. The zero-order chi connectivity index (χ0) is 11.5. The fourth-order valence-electron chi connectivity index (χ4n) is 1.71. The van der Waals surface area contributed by atoms with Crippen molar-refractivity contribution in [2.45, 2.75) is 19.8 Å². The smallest absolute Gasteiger partial charge is 0.251 e. The zero-order valence-corrected chi connectivity index (χ0v) is 9.17.